The zero-order chi connectivity index (χ0) is 9.52. The van der Waals surface area contributed by atoms with Crippen LogP contribution in [-0.2, 0) is 16.1 Å². The fourth-order valence-electron chi connectivity index (χ4n) is 0.926. The van der Waals surface area contributed by atoms with Gasteiger partial charge in [-0.1, -0.05) is 0 Å². The molecular weight excluding hydrogens is 170 g/mol. The lowest BCUT2D eigenvalue weighted by atomic mass is 10.5. The van der Waals surface area contributed by atoms with E-state index < -0.39 is 0 Å². The molecule has 0 saturated carbocycles. The van der Waals surface area contributed by atoms with Gasteiger partial charge in [-0.2, -0.15) is 0 Å². The van der Waals surface area contributed by atoms with Crippen molar-refractivity contribution in [3.8, 4) is 0 Å². The summed E-state index contributed by atoms with van der Waals surface area (Å²) in [5.74, 6) is -0.0948. The van der Waals surface area contributed by atoms with Gasteiger partial charge in [0.15, 0.2) is 0 Å². The number of ether oxygens (including phenoxy) is 1. The number of hydrogen-bond acceptors (Lipinski definition) is 3. The van der Waals surface area contributed by atoms with Crippen LogP contribution in [0, 0.1) is 0 Å². The number of carbonyl (C=O) groups excluding carboxylic acids is 1. The topological polar surface area (TPSA) is 56.1 Å². The molecule has 0 bridgehead atoms. The Balaban J connectivity index is 2.11. The molecule has 1 aromatic rings. The van der Waals surface area contributed by atoms with Crippen molar-refractivity contribution < 1.29 is 9.53 Å². The standard InChI is InChI=1S/C8H13N3O2/c1-13-6-8(12)10-3-5-11-4-2-9-7-11/h2,4,7H,3,5-6H2,1H3,(H,10,12). The second kappa shape index (κ2) is 5.31. The molecule has 13 heavy (non-hydrogen) atoms. The Kier molecular flexibility index (Phi) is 3.98. The van der Waals surface area contributed by atoms with Crippen LogP contribution in [0.1, 0.15) is 0 Å². The average molecular weight is 183 g/mol. The van der Waals surface area contributed by atoms with Crippen LogP contribution in [0.2, 0.25) is 0 Å². The first-order chi connectivity index (χ1) is 6.33. The second-order valence-corrected chi connectivity index (χ2v) is 2.58. The van der Waals surface area contributed by atoms with Crippen molar-refractivity contribution in [2.45, 2.75) is 6.54 Å². The van der Waals surface area contributed by atoms with E-state index >= 15 is 0 Å². The lowest BCUT2D eigenvalue weighted by Gasteiger charge is -2.04. The molecule has 1 amide bonds. The van der Waals surface area contributed by atoms with E-state index in [4.69, 9.17) is 0 Å². The highest BCUT2D eigenvalue weighted by atomic mass is 16.5. The van der Waals surface area contributed by atoms with Crippen LogP contribution < -0.4 is 5.32 Å². The maximum atomic E-state index is 10.9. The fourth-order valence-corrected chi connectivity index (χ4v) is 0.926. The van der Waals surface area contributed by atoms with Gasteiger partial charge in [0.2, 0.25) is 5.91 Å². The number of methoxy groups -OCH3 is 1. The second-order valence-electron chi connectivity index (χ2n) is 2.58. The van der Waals surface area contributed by atoms with E-state index in [2.05, 4.69) is 15.0 Å². The highest BCUT2D eigenvalue weighted by Gasteiger charge is 1.97. The predicted molar refractivity (Wildman–Crippen MR) is 47.1 cm³/mol. The van der Waals surface area contributed by atoms with Gasteiger partial charge in [-0.25, -0.2) is 4.98 Å². The van der Waals surface area contributed by atoms with Crippen LogP contribution in [0.25, 0.3) is 0 Å². The number of hydrogen-bond donors (Lipinski definition) is 1. The Morgan fingerprint density at radius 1 is 1.69 bits per heavy atom. The van der Waals surface area contributed by atoms with E-state index in [0.717, 1.165) is 6.54 Å². The number of imidazole rings is 1. The first-order valence-corrected chi connectivity index (χ1v) is 4.04. The lowest BCUT2D eigenvalue weighted by Crippen LogP contribution is -2.29. The van der Waals surface area contributed by atoms with Gasteiger partial charge < -0.3 is 14.6 Å². The number of carbonyl (C=O) groups is 1. The van der Waals surface area contributed by atoms with Crippen LogP contribution in [0.15, 0.2) is 18.7 Å². The molecule has 1 aromatic heterocycles. The van der Waals surface area contributed by atoms with E-state index in [9.17, 15) is 4.79 Å². The van der Waals surface area contributed by atoms with Gasteiger partial charge >= 0.3 is 0 Å². The lowest BCUT2D eigenvalue weighted by molar-refractivity contribution is -0.124. The van der Waals surface area contributed by atoms with Crippen molar-refractivity contribution in [3.63, 3.8) is 0 Å². The molecule has 5 nitrogen and oxygen atoms in total. The average Bonchev–Trinajstić information content (AvgIpc) is 2.57. The van der Waals surface area contributed by atoms with Crippen LogP contribution in [0.4, 0.5) is 0 Å². The summed E-state index contributed by atoms with van der Waals surface area (Å²) in [5.41, 5.74) is 0. The minimum absolute atomic E-state index is 0.0948. The van der Waals surface area contributed by atoms with Gasteiger partial charge in [-0.05, 0) is 0 Å². The molecule has 1 heterocycles. The first kappa shape index (κ1) is 9.73. The molecule has 0 aromatic carbocycles. The maximum Gasteiger partial charge on any atom is 0.246 e. The van der Waals surface area contributed by atoms with E-state index in [1.807, 2.05) is 10.8 Å². The number of amides is 1. The van der Waals surface area contributed by atoms with Crippen molar-refractivity contribution in [2.75, 3.05) is 20.3 Å². The van der Waals surface area contributed by atoms with E-state index in [0.29, 0.717) is 6.54 Å². The van der Waals surface area contributed by atoms with Crippen molar-refractivity contribution in [1.29, 1.82) is 0 Å². The molecule has 1 rings (SSSR count). The van der Waals surface area contributed by atoms with E-state index in [1.165, 1.54) is 7.11 Å². The molecular formula is C8H13N3O2. The third kappa shape index (κ3) is 3.71. The van der Waals surface area contributed by atoms with Crippen LogP contribution >= 0.6 is 0 Å². The van der Waals surface area contributed by atoms with Crippen molar-refractivity contribution in [3.05, 3.63) is 18.7 Å². The Morgan fingerprint density at radius 3 is 3.15 bits per heavy atom. The minimum atomic E-state index is -0.0948. The Morgan fingerprint density at radius 2 is 2.54 bits per heavy atom. The quantitative estimate of drug-likeness (QED) is 0.678. The molecule has 0 fully saturated rings. The van der Waals surface area contributed by atoms with Gasteiger partial charge in [0, 0.05) is 32.6 Å². The summed E-state index contributed by atoms with van der Waals surface area (Å²) in [4.78, 5) is 14.8. The molecule has 0 spiro atoms. The van der Waals surface area contributed by atoms with Crippen LogP contribution in [0.5, 0.6) is 0 Å². The van der Waals surface area contributed by atoms with Gasteiger partial charge in [0.25, 0.3) is 0 Å². The van der Waals surface area contributed by atoms with Gasteiger partial charge in [0.05, 0.1) is 6.33 Å². The summed E-state index contributed by atoms with van der Waals surface area (Å²) >= 11 is 0. The number of nitrogens with one attached hydrogen (secondary N) is 1. The zero-order valence-corrected chi connectivity index (χ0v) is 7.56. The molecule has 0 radical (unpaired) electrons. The predicted octanol–water partition coefficient (Wildman–Crippen LogP) is -0.354. The molecule has 0 aliphatic rings. The van der Waals surface area contributed by atoms with Crippen LogP contribution in [0.3, 0.4) is 0 Å². The minimum Gasteiger partial charge on any atom is -0.375 e. The number of rotatable bonds is 5. The van der Waals surface area contributed by atoms with E-state index in [-0.39, 0.29) is 12.5 Å². The first-order valence-electron chi connectivity index (χ1n) is 4.04. The smallest absolute Gasteiger partial charge is 0.246 e. The summed E-state index contributed by atoms with van der Waals surface area (Å²) in [6.07, 6.45) is 5.27. The molecule has 72 valence electrons. The van der Waals surface area contributed by atoms with Gasteiger partial charge in [-0.3, -0.25) is 4.79 Å². The monoisotopic (exact) mass is 183 g/mol. The highest BCUT2D eigenvalue weighted by molar-refractivity contribution is 5.77. The van der Waals surface area contributed by atoms with Crippen LogP contribution in [-0.4, -0.2) is 35.7 Å². The maximum absolute atomic E-state index is 10.9. The molecule has 0 aliphatic heterocycles. The van der Waals surface area contributed by atoms with Gasteiger partial charge in [0.1, 0.15) is 6.61 Å². The van der Waals surface area contributed by atoms with Crippen molar-refractivity contribution in [1.82, 2.24) is 14.9 Å². The fraction of sp³-hybridized carbons (Fsp3) is 0.500. The summed E-state index contributed by atoms with van der Waals surface area (Å²) < 4.78 is 6.56. The van der Waals surface area contributed by atoms with Crippen molar-refractivity contribution >= 4 is 5.91 Å². The molecule has 1 N–H and O–H groups in total. The number of nitrogens with zero attached hydrogens (tertiary/aromatic N) is 2. The van der Waals surface area contributed by atoms with Gasteiger partial charge in [-0.15, -0.1) is 0 Å². The Bertz CT molecular complexity index is 246. The molecule has 0 aliphatic carbocycles. The SMILES string of the molecule is COCC(=O)NCCn1ccnc1. The highest BCUT2D eigenvalue weighted by Crippen LogP contribution is 1.83. The number of aromatic nitrogens is 2. The molecule has 0 saturated heterocycles. The Labute approximate surface area is 76.7 Å². The molecule has 0 atom stereocenters. The summed E-state index contributed by atoms with van der Waals surface area (Å²) in [7, 11) is 1.50. The Hall–Kier alpha value is -1.36. The van der Waals surface area contributed by atoms with E-state index in [1.54, 1.807) is 12.5 Å². The molecule has 5 heteroatoms. The summed E-state index contributed by atoms with van der Waals surface area (Å²) in [6.45, 7) is 1.44. The zero-order valence-electron chi connectivity index (χ0n) is 7.56. The van der Waals surface area contributed by atoms with Crippen molar-refractivity contribution in [2.24, 2.45) is 0 Å². The third-order valence-electron chi connectivity index (χ3n) is 1.53. The summed E-state index contributed by atoms with van der Waals surface area (Å²) in [5, 5.41) is 2.71. The third-order valence-corrected chi connectivity index (χ3v) is 1.53. The largest absolute Gasteiger partial charge is 0.375 e. The normalized spacial score (nSPS) is 9.92. The summed E-state index contributed by atoms with van der Waals surface area (Å²) in [6, 6.07) is 0. The molecule has 0 unspecified atom stereocenters.